The first kappa shape index (κ1) is 30.1. The Bertz CT molecular complexity index is 2890. The van der Waals surface area contributed by atoms with E-state index < -0.39 is 0 Å². The summed E-state index contributed by atoms with van der Waals surface area (Å²) < 4.78 is 0. The van der Waals surface area contributed by atoms with Crippen LogP contribution < -0.4 is 0 Å². The minimum atomic E-state index is 1.22. The van der Waals surface area contributed by atoms with Crippen LogP contribution in [0.3, 0.4) is 0 Å². The van der Waals surface area contributed by atoms with E-state index in [1.165, 1.54) is 98.7 Å². The maximum atomic E-state index is 2.39. The molecule has 242 valence electrons. The minimum Gasteiger partial charge on any atom is -0.0622 e. The molecule has 0 N–H and O–H groups in total. The van der Waals surface area contributed by atoms with Crippen LogP contribution >= 0.6 is 0 Å². The van der Waals surface area contributed by atoms with E-state index in [9.17, 15) is 0 Å². The zero-order valence-corrected chi connectivity index (χ0v) is 28.6. The summed E-state index contributed by atoms with van der Waals surface area (Å²) in [4.78, 5) is 0. The molecule has 0 bridgehead atoms. The first-order valence-electron chi connectivity index (χ1n) is 18.0. The fourth-order valence-electron chi connectivity index (χ4n) is 8.16. The Morgan fingerprint density at radius 2 is 0.615 bits per heavy atom. The highest BCUT2D eigenvalue weighted by molar-refractivity contribution is 6.22. The maximum Gasteiger partial charge on any atom is -0.00262 e. The van der Waals surface area contributed by atoms with Crippen molar-refractivity contribution in [2.45, 2.75) is 0 Å². The van der Waals surface area contributed by atoms with Gasteiger partial charge in [0.2, 0.25) is 0 Å². The van der Waals surface area contributed by atoms with Gasteiger partial charge in [-0.3, -0.25) is 0 Å². The van der Waals surface area contributed by atoms with Crippen LogP contribution in [0.2, 0.25) is 0 Å². The van der Waals surface area contributed by atoms with Crippen LogP contribution in [0.25, 0.3) is 98.7 Å². The molecule has 0 aromatic heterocycles. The van der Waals surface area contributed by atoms with Gasteiger partial charge >= 0.3 is 0 Å². The average Bonchev–Trinajstić information content (AvgIpc) is 3.22. The molecule has 10 rings (SSSR count). The molecule has 0 aliphatic rings. The standard InChI is InChI=1S/C52H34/c1-2-13-35(14-3-1)38-17-11-20-42(32-38)51-47-22-6-8-24-49(47)52(50-25-9-7-23-48(50)51)43-30-28-36-27-29-40(33-44(36)34-43)39-18-10-19-41(31-39)46-26-12-16-37-15-4-5-21-45(37)46/h1-34H. The largest absolute Gasteiger partial charge is 0.0622 e. The van der Waals surface area contributed by atoms with Gasteiger partial charge in [-0.15, -0.1) is 0 Å². The van der Waals surface area contributed by atoms with E-state index >= 15 is 0 Å². The van der Waals surface area contributed by atoms with Crippen LogP contribution in [0.5, 0.6) is 0 Å². The summed E-state index contributed by atoms with van der Waals surface area (Å²) >= 11 is 0. The van der Waals surface area contributed by atoms with Crippen molar-refractivity contribution in [3.8, 4) is 55.6 Å². The quantitative estimate of drug-likeness (QED) is 0.161. The molecule has 0 saturated carbocycles. The van der Waals surface area contributed by atoms with Gasteiger partial charge in [0.15, 0.2) is 0 Å². The van der Waals surface area contributed by atoms with Gasteiger partial charge in [-0.1, -0.05) is 182 Å². The number of benzene rings is 10. The monoisotopic (exact) mass is 658 g/mol. The van der Waals surface area contributed by atoms with Crippen molar-refractivity contribution in [2.24, 2.45) is 0 Å². The minimum absolute atomic E-state index is 1.22. The second kappa shape index (κ2) is 12.5. The predicted octanol–water partition coefficient (Wildman–Crippen LogP) is 14.6. The Hall–Kier alpha value is -6.76. The summed E-state index contributed by atoms with van der Waals surface area (Å²) in [6.07, 6.45) is 0. The van der Waals surface area contributed by atoms with E-state index in [0.717, 1.165) is 0 Å². The fraction of sp³-hybridized carbons (Fsp3) is 0. The molecule has 0 heterocycles. The molecule has 0 amide bonds. The molecular weight excluding hydrogens is 625 g/mol. The van der Waals surface area contributed by atoms with E-state index in [1.807, 2.05) is 0 Å². The predicted molar refractivity (Wildman–Crippen MR) is 224 cm³/mol. The van der Waals surface area contributed by atoms with Gasteiger partial charge < -0.3 is 0 Å². The molecule has 0 atom stereocenters. The smallest absolute Gasteiger partial charge is 0.00262 e. The third-order valence-corrected chi connectivity index (χ3v) is 10.6. The fourth-order valence-corrected chi connectivity index (χ4v) is 8.16. The summed E-state index contributed by atoms with van der Waals surface area (Å²) in [7, 11) is 0. The summed E-state index contributed by atoms with van der Waals surface area (Å²) in [5, 5.41) is 10.1. The van der Waals surface area contributed by atoms with Gasteiger partial charge in [-0.05, 0) is 123 Å². The first-order chi connectivity index (χ1) is 25.8. The van der Waals surface area contributed by atoms with Gasteiger partial charge in [0.1, 0.15) is 0 Å². The highest BCUT2D eigenvalue weighted by atomic mass is 14.2. The molecule has 10 aromatic carbocycles. The highest BCUT2D eigenvalue weighted by Crippen LogP contribution is 2.45. The van der Waals surface area contributed by atoms with Crippen molar-refractivity contribution in [2.75, 3.05) is 0 Å². The van der Waals surface area contributed by atoms with Crippen LogP contribution in [0, 0.1) is 0 Å². The lowest BCUT2D eigenvalue weighted by atomic mass is 9.85. The molecule has 0 heteroatoms. The van der Waals surface area contributed by atoms with E-state index in [0.29, 0.717) is 0 Å². The average molecular weight is 659 g/mol. The maximum absolute atomic E-state index is 2.39. The Morgan fingerprint density at radius 1 is 0.192 bits per heavy atom. The van der Waals surface area contributed by atoms with Crippen LogP contribution in [-0.4, -0.2) is 0 Å². The molecule has 0 unspecified atom stereocenters. The third-order valence-electron chi connectivity index (χ3n) is 10.6. The molecule has 0 nitrogen and oxygen atoms in total. The molecule has 0 saturated heterocycles. The topological polar surface area (TPSA) is 0 Å². The van der Waals surface area contributed by atoms with E-state index in [1.54, 1.807) is 0 Å². The zero-order chi connectivity index (χ0) is 34.4. The zero-order valence-electron chi connectivity index (χ0n) is 28.6. The van der Waals surface area contributed by atoms with Gasteiger partial charge in [-0.25, -0.2) is 0 Å². The van der Waals surface area contributed by atoms with Crippen molar-refractivity contribution < 1.29 is 0 Å². The van der Waals surface area contributed by atoms with Crippen LogP contribution in [0.1, 0.15) is 0 Å². The summed E-state index contributed by atoms with van der Waals surface area (Å²) in [5.74, 6) is 0. The number of hydrogen-bond donors (Lipinski definition) is 0. The summed E-state index contributed by atoms with van der Waals surface area (Å²) in [6.45, 7) is 0. The van der Waals surface area contributed by atoms with Gasteiger partial charge in [0.05, 0.1) is 0 Å². The van der Waals surface area contributed by atoms with E-state index in [2.05, 4.69) is 206 Å². The lowest BCUT2D eigenvalue weighted by molar-refractivity contribution is 1.61. The second-order valence-electron chi connectivity index (χ2n) is 13.7. The number of rotatable bonds is 5. The molecule has 52 heavy (non-hydrogen) atoms. The molecule has 0 aliphatic heterocycles. The molecular formula is C52H34. The molecule has 0 radical (unpaired) electrons. The van der Waals surface area contributed by atoms with Crippen molar-refractivity contribution >= 4 is 43.1 Å². The Balaban J connectivity index is 1.12. The van der Waals surface area contributed by atoms with Crippen LogP contribution in [0.4, 0.5) is 0 Å². The van der Waals surface area contributed by atoms with Crippen molar-refractivity contribution in [1.82, 2.24) is 0 Å². The molecule has 0 aliphatic carbocycles. The van der Waals surface area contributed by atoms with Crippen LogP contribution in [-0.2, 0) is 0 Å². The molecule has 0 spiro atoms. The number of fused-ring (bicyclic) bond motifs is 4. The molecule has 0 fully saturated rings. The normalized spacial score (nSPS) is 11.5. The lowest BCUT2D eigenvalue weighted by Crippen LogP contribution is -1.91. The van der Waals surface area contributed by atoms with Gasteiger partial charge in [0, 0.05) is 0 Å². The number of hydrogen-bond acceptors (Lipinski definition) is 0. The van der Waals surface area contributed by atoms with Crippen molar-refractivity contribution in [3.63, 3.8) is 0 Å². The van der Waals surface area contributed by atoms with Crippen molar-refractivity contribution in [1.29, 1.82) is 0 Å². The summed E-state index contributed by atoms with van der Waals surface area (Å²) in [6, 6.07) is 75.5. The van der Waals surface area contributed by atoms with Gasteiger partial charge in [0.25, 0.3) is 0 Å². The Labute approximate surface area is 303 Å². The van der Waals surface area contributed by atoms with E-state index in [4.69, 9.17) is 0 Å². The van der Waals surface area contributed by atoms with E-state index in [-0.39, 0.29) is 0 Å². The Kier molecular flexibility index (Phi) is 7.25. The van der Waals surface area contributed by atoms with Crippen molar-refractivity contribution in [3.05, 3.63) is 206 Å². The Morgan fingerprint density at radius 3 is 1.31 bits per heavy atom. The van der Waals surface area contributed by atoms with Gasteiger partial charge in [-0.2, -0.15) is 0 Å². The highest BCUT2D eigenvalue weighted by Gasteiger charge is 2.17. The lowest BCUT2D eigenvalue weighted by Gasteiger charge is -2.18. The van der Waals surface area contributed by atoms with Crippen LogP contribution in [0.15, 0.2) is 206 Å². The third kappa shape index (κ3) is 5.16. The second-order valence-corrected chi connectivity index (χ2v) is 13.7. The first-order valence-corrected chi connectivity index (χ1v) is 18.0. The summed E-state index contributed by atoms with van der Waals surface area (Å²) in [5.41, 5.74) is 12.4. The molecule has 10 aromatic rings. The SMILES string of the molecule is c1ccc(-c2cccc(-c3c4ccccc4c(-c4ccc5ccc(-c6cccc(-c7cccc8ccccc78)c6)cc5c4)c4ccccc34)c2)cc1.